The summed E-state index contributed by atoms with van der Waals surface area (Å²) in [6, 6.07) is 0.255. The minimum Gasteiger partial charge on any atom is -0.382 e. The first-order valence-electron chi connectivity index (χ1n) is 6.35. The summed E-state index contributed by atoms with van der Waals surface area (Å²) in [5, 5.41) is 2.83. The van der Waals surface area contributed by atoms with Crippen LogP contribution in [-0.4, -0.2) is 59.7 Å². The molecule has 7 nitrogen and oxygen atoms in total. The van der Waals surface area contributed by atoms with Gasteiger partial charge >= 0.3 is 0 Å². The highest BCUT2D eigenvalue weighted by Crippen LogP contribution is 2.05. The predicted molar refractivity (Wildman–Crippen MR) is 70.6 cm³/mol. The van der Waals surface area contributed by atoms with Crippen molar-refractivity contribution < 1.29 is 9.53 Å². The van der Waals surface area contributed by atoms with Crippen LogP contribution in [0.15, 0.2) is 12.4 Å². The summed E-state index contributed by atoms with van der Waals surface area (Å²) in [6.07, 6.45) is 2.92. The average Bonchev–Trinajstić information content (AvgIpc) is 2.46. The zero-order valence-corrected chi connectivity index (χ0v) is 11.0. The minimum absolute atomic E-state index is 0.152. The summed E-state index contributed by atoms with van der Waals surface area (Å²) in [7, 11) is 0. The highest BCUT2D eigenvalue weighted by atomic mass is 16.5. The van der Waals surface area contributed by atoms with Crippen molar-refractivity contribution in [3.05, 3.63) is 18.1 Å². The number of carbonyl (C=O) groups excluding carboxylic acids is 1. The van der Waals surface area contributed by atoms with Crippen molar-refractivity contribution in [2.24, 2.45) is 0 Å². The molecule has 2 heterocycles. The van der Waals surface area contributed by atoms with E-state index < -0.39 is 0 Å². The molecule has 1 amide bonds. The van der Waals surface area contributed by atoms with Gasteiger partial charge in [-0.3, -0.25) is 9.69 Å². The van der Waals surface area contributed by atoms with Gasteiger partial charge in [-0.05, 0) is 6.92 Å². The summed E-state index contributed by atoms with van der Waals surface area (Å²) in [5.74, 6) is -0.135. The van der Waals surface area contributed by atoms with E-state index in [2.05, 4.69) is 27.1 Å². The second-order valence-electron chi connectivity index (χ2n) is 4.50. The molecule has 1 atom stereocenters. The molecule has 0 saturated carbocycles. The first kappa shape index (κ1) is 13.7. The van der Waals surface area contributed by atoms with Crippen LogP contribution in [0.4, 0.5) is 5.82 Å². The van der Waals surface area contributed by atoms with Gasteiger partial charge in [0.25, 0.3) is 5.91 Å². The van der Waals surface area contributed by atoms with Gasteiger partial charge in [-0.2, -0.15) is 0 Å². The first-order chi connectivity index (χ1) is 9.18. The van der Waals surface area contributed by atoms with Gasteiger partial charge in [-0.25, -0.2) is 9.97 Å². The lowest BCUT2D eigenvalue weighted by Gasteiger charge is -2.32. The molecular formula is C12H19N5O2. The number of nitrogens with two attached hydrogens (primary N) is 1. The number of hydrogen-bond acceptors (Lipinski definition) is 6. The van der Waals surface area contributed by atoms with E-state index in [1.54, 1.807) is 0 Å². The first-order valence-corrected chi connectivity index (χ1v) is 6.35. The van der Waals surface area contributed by atoms with Crippen LogP contribution in [0.25, 0.3) is 0 Å². The Hall–Kier alpha value is -1.73. The van der Waals surface area contributed by atoms with E-state index in [-0.39, 0.29) is 23.5 Å². The Morgan fingerprint density at radius 1 is 1.47 bits per heavy atom. The van der Waals surface area contributed by atoms with Crippen LogP contribution in [0.2, 0.25) is 0 Å². The number of amides is 1. The van der Waals surface area contributed by atoms with E-state index in [1.165, 1.54) is 12.4 Å². The van der Waals surface area contributed by atoms with Gasteiger partial charge in [-0.15, -0.1) is 0 Å². The quantitative estimate of drug-likeness (QED) is 0.763. The molecule has 2 rings (SSSR count). The fraction of sp³-hybridized carbons (Fsp3) is 0.583. The number of aromatic nitrogens is 2. The summed E-state index contributed by atoms with van der Waals surface area (Å²) < 4.78 is 5.30. The Bertz CT molecular complexity index is 434. The Morgan fingerprint density at radius 3 is 2.84 bits per heavy atom. The van der Waals surface area contributed by atoms with Crippen molar-refractivity contribution in [2.75, 3.05) is 38.6 Å². The topological polar surface area (TPSA) is 93.4 Å². The largest absolute Gasteiger partial charge is 0.382 e. The SMILES string of the molecule is C[C@@H](CNC(=O)c1nccnc1N)N1CCOCC1. The molecule has 0 radical (unpaired) electrons. The second kappa shape index (κ2) is 6.44. The number of nitrogen functional groups attached to an aromatic ring is 1. The summed E-state index contributed by atoms with van der Waals surface area (Å²) in [6.45, 7) is 5.90. The van der Waals surface area contributed by atoms with Gasteiger partial charge in [0.1, 0.15) is 0 Å². The number of rotatable bonds is 4. The fourth-order valence-corrected chi connectivity index (χ4v) is 2.00. The molecule has 1 aliphatic rings. The summed E-state index contributed by atoms with van der Waals surface area (Å²) in [5.41, 5.74) is 5.79. The summed E-state index contributed by atoms with van der Waals surface area (Å²) >= 11 is 0. The number of ether oxygens (including phenoxy) is 1. The third kappa shape index (κ3) is 3.62. The Balaban J connectivity index is 1.84. The number of anilines is 1. The van der Waals surface area contributed by atoms with E-state index in [0.717, 1.165) is 26.3 Å². The molecular weight excluding hydrogens is 246 g/mol. The number of morpholine rings is 1. The molecule has 104 valence electrons. The molecule has 0 bridgehead atoms. The van der Waals surface area contributed by atoms with Gasteiger partial charge in [-0.1, -0.05) is 0 Å². The zero-order chi connectivity index (χ0) is 13.7. The molecule has 1 aromatic heterocycles. The van der Waals surface area contributed by atoms with E-state index in [9.17, 15) is 4.79 Å². The van der Waals surface area contributed by atoms with Crippen LogP contribution >= 0.6 is 0 Å². The second-order valence-corrected chi connectivity index (χ2v) is 4.50. The lowest BCUT2D eigenvalue weighted by atomic mass is 10.2. The van der Waals surface area contributed by atoms with Crippen molar-refractivity contribution in [2.45, 2.75) is 13.0 Å². The van der Waals surface area contributed by atoms with E-state index in [1.807, 2.05) is 0 Å². The molecule has 0 aromatic carbocycles. The van der Waals surface area contributed by atoms with E-state index >= 15 is 0 Å². The zero-order valence-electron chi connectivity index (χ0n) is 11.0. The lowest BCUT2D eigenvalue weighted by Crippen LogP contribution is -2.47. The molecule has 1 fully saturated rings. The molecule has 7 heteroatoms. The molecule has 1 saturated heterocycles. The average molecular weight is 265 g/mol. The maximum Gasteiger partial charge on any atom is 0.273 e. The molecule has 1 aromatic rings. The maximum atomic E-state index is 11.9. The monoisotopic (exact) mass is 265 g/mol. The predicted octanol–water partition coefficient (Wildman–Crippen LogP) is -0.491. The smallest absolute Gasteiger partial charge is 0.273 e. The molecule has 0 spiro atoms. The van der Waals surface area contributed by atoms with Crippen molar-refractivity contribution in [1.29, 1.82) is 0 Å². The van der Waals surface area contributed by atoms with Gasteiger partial charge in [0.05, 0.1) is 13.2 Å². The number of nitrogens with zero attached hydrogens (tertiary/aromatic N) is 3. The third-order valence-corrected chi connectivity index (χ3v) is 3.17. The Labute approximate surface area is 112 Å². The van der Waals surface area contributed by atoms with Crippen molar-refractivity contribution in [1.82, 2.24) is 20.2 Å². The Kier molecular flexibility index (Phi) is 4.64. The van der Waals surface area contributed by atoms with Crippen molar-refractivity contribution >= 4 is 11.7 Å². The fourth-order valence-electron chi connectivity index (χ4n) is 2.00. The van der Waals surface area contributed by atoms with Crippen LogP contribution in [0.3, 0.4) is 0 Å². The number of nitrogens with one attached hydrogen (secondary N) is 1. The van der Waals surface area contributed by atoms with Crippen LogP contribution in [0.5, 0.6) is 0 Å². The highest BCUT2D eigenvalue weighted by Gasteiger charge is 2.18. The van der Waals surface area contributed by atoms with E-state index in [4.69, 9.17) is 10.5 Å². The maximum absolute atomic E-state index is 11.9. The number of hydrogen-bond donors (Lipinski definition) is 2. The molecule has 3 N–H and O–H groups in total. The lowest BCUT2D eigenvalue weighted by molar-refractivity contribution is 0.0204. The standard InChI is InChI=1S/C12H19N5O2/c1-9(17-4-6-19-7-5-17)8-16-12(18)10-11(13)15-3-2-14-10/h2-3,9H,4-8H2,1H3,(H2,13,15)(H,16,18)/t9-/m0/s1. The van der Waals surface area contributed by atoms with Crippen LogP contribution in [0.1, 0.15) is 17.4 Å². The molecule has 0 unspecified atom stereocenters. The molecule has 0 aliphatic carbocycles. The minimum atomic E-state index is -0.286. The normalized spacial score (nSPS) is 17.9. The third-order valence-electron chi connectivity index (χ3n) is 3.17. The van der Waals surface area contributed by atoms with Gasteiger partial charge in [0.2, 0.25) is 0 Å². The summed E-state index contributed by atoms with van der Waals surface area (Å²) in [4.78, 5) is 22.0. The van der Waals surface area contributed by atoms with Crippen LogP contribution in [-0.2, 0) is 4.74 Å². The van der Waals surface area contributed by atoms with E-state index in [0.29, 0.717) is 6.54 Å². The Morgan fingerprint density at radius 2 is 2.16 bits per heavy atom. The molecule has 1 aliphatic heterocycles. The van der Waals surface area contributed by atoms with Gasteiger partial charge in [0, 0.05) is 38.1 Å². The van der Waals surface area contributed by atoms with Gasteiger partial charge in [0.15, 0.2) is 11.5 Å². The van der Waals surface area contributed by atoms with Crippen LogP contribution in [0, 0.1) is 0 Å². The van der Waals surface area contributed by atoms with Crippen molar-refractivity contribution in [3.63, 3.8) is 0 Å². The van der Waals surface area contributed by atoms with Crippen molar-refractivity contribution in [3.8, 4) is 0 Å². The van der Waals surface area contributed by atoms with Crippen LogP contribution < -0.4 is 11.1 Å². The molecule has 19 heavy (non-hydrogen) atoms. The van der Waals surface area contributed by atoms with Gasteiger partial charge < -0.3 is 15.8 Å². The highest BCUT2D eigenvalue weighted by molar-refractivity contribution is 5.96. The number of carbonyl (C=O) groups is 1.